The van der Waals surface area contributed by atoms with Gasteiger partial charge in [-0.05, 0) is 79.2 Å². The van der Waals surface area contributed by atoms with Crippen LogP contribution in [0.5, 0.6) is 5.75 Å². The largest absolute Gasteiger partial charge is 0.487 e. The van der Waals surface area contributed by atoms with Crippen molar-refractivity contribution in [1.82, 2.24) is 10.2 Å². The van der Waals surface area contributed by atoms with Gasteiger partial charge in [0.15, 0.2) is 0 Å². The van der Waals surface area contributed by atoms with Crippen LogP contribution in [0.2, 0.25) is 0 Å². The van der Waals surface area contributed by atoms with Crippen molar-refractivity contribution in [2.75, 3.05) is 11.9 Å². The molecule has 1 fully saturated rings. The number of nitrogens with zero attached hydrogens (tertiary/aromatic N) is 2. The fourth-order valence-electron chi connectivity index (χ4n) is 3.88. The van der Waals surface area contributed by atoms with Crippen molar-refractivity contribution >= 4 is 67.2 Å². The summed E-state index contributed by atoms with van der Waals surface area (Å²) >= 11 is 6.89. The minimum Gasteiger partial charge on any atom is -0.487 e. The van der Waals surface area contributed by atoms with Crippen molar-refractivity contribution in [1.29, 1.82) is 0 Å². The zero-order chi connectivity index (χ0) is 28.1. The molecule has 0 aromatic heterocycles. The molecule has 0 saturated carbocycles. The minimum atomic E-state index is -0.694. The number of rotatable bonds is 9. The number of nitro benzene ring substituents is 1. The average molecular weight is 658 g/mol. The smallest absolute Gasteiger partial charge is 0.329 e. The number of anilines is 1. The molecule has 10 nitrogen and oxygen atoms in total. The van der Waals surface area contributed by atoms with E-state index in [1.165, 1.54) is 18.2 Å². The Morgan fingerprint density at radius 3 is 2.51 bits per heavy atom. The van der Waals surface area contributed by atoms with Gasteiger partial charge in [0.05, 0.1) is 13.9 Å². The molecule has 4 amide bonds. The zero-order valence-corrected chi connectivity index (χ0v) is 23.7. The van der Waals surface area contributed by atoms with Gasteiger partial charge in [-0.15, -0.1) is 0 Å². The Labute approximate surface area is 240 Å². The lowest BCUT2D eigenvalue weighted by Crippen LogP contribution is -2.38. The van der Waals surface area contributed by atoms with Crippen LogP contribution in [0, 0.1) is 10.1 Å². The van der Waals surface area contributed by atoms with Crippen LogP contribution in [0.4, 0.5) is 16.2 Å². The number of carbonyl (C=O) groups is 3. The van der Waals surface area contributed by atoms with E-state index in [-0.39, 0.29) is 18.0 Å². The van der Waals surface area contributed by atoms with Crippen LogP contribution in [0.3, 0.4) is 0 Å². The van der Waals surface area contributed by atoms with Crippen LogP contribution in [0.15, 0.2) is 75.3 Å². The number of non-ortho nitro benzene ring substituents is 1. The predicted molar refractivity (Wildman–Crippen MR) is 152 cm³/mol. The van der Waals surface area contributed by atoms with Crippen LogP contribution in [0.1, 0.15) is 23.6 Å². The molecule has 3 aromatic carbocycles. The molecule has 1 saturated heterocycles. The quantitative estimate of drug-likeness (QED) is 0.130. The van der Waals surface area contributed by atoms with Gasteiger partial charge in [0.2, 0.25) is 5.91 Å². The maximum absolute atomic E-state index is 12.9. The number of benzene rings is 3. The van der Waals surface area contributed by atoms with Gasteiger partial charge in [0.1, 0.15) is 24.6 Å². The minimum absolute atomic E-state index is 0.0193. The molecule has 3 aromatic rings. The summed E-state index contributed by atoms with van der Waals surface area (Å²) in [5, 5.41) is 16.3. The molecule has 0 bridgehead atoms. The highest BCUT2D eigenvalue weighted by molar-refractivity contribution is 9.11. The maximum Gasteiger partial charge on any atom is 0.329 e. The number of hydrogen-bond donors (Lipinski definition) is 2. The van der Waals surface area contributed by atoms with Crippen molar-refractivity contribution in [2.24, 2.45) is 0 Å². The Bertz CT molecular complexity index is 1480. The van der Waals surface area contributed by atoms with E-state index in [1.54, 1.807) is 36.4 Å². The molecule has 4 rings (SSSR count). The van der Waals surface area contributed by atoms with Crippen LogP contribution in [-0.4, -0.2) is 34.2 Å². The average Bonchev–Trinajstić information content (AvgIpc) is 3.15. The lowest BCUT2D eigenvalue weighted by molar-refractivity contribution is -0.384. The fourth-order valence-corrected chi connectivity index (χ4v) is 5.33. The second-order valence-corrected chi connectivity index (χ2v) is 10.2. The number of carbonyl (C=O) groups excluding carboxylic acids is 3. The van der Waals surface area contributed by atoms with Crippen molar-refractivity contribution < 1.29 is 24.0 Å². The molecule has 1 aliphatic heterocycles. The van der Waals surface area contributed by atoms with E-state index >= 15 is 0 Å². The van der Waals surface area contributed by atoms with Gasteiger partial charge in [-0.1, -0.05) is 37.3 Å². The summed E-state index contributed by atoms with van der Waals surface area (Å²) in [6, 6.07) is 16.2. The standard InChI is InChI=1S/C27H22Br2N4O6/c1-2-18-7-3-4-9-22(18)30-24(34)14-32-26(35)23(31-27(32)36)13-17-11-20(28)25(21(29)12-17)39-15-16-6-5-8-19(10-16)33(37)38/h3-13H,2,14-15H2,1H3,(H,30,34)(H,31,36)/b23-13+. The summed E-state index contributed by atoms with van der Waals surface area (Å²) in [7, 11) is 0. The van der Waals surface area contributed by atoms with Gasteiger partial charge in [-0.25, -0.2) is 9.69 Å². The number of aryl methyl sites for hydroxylation is 1. The Morgan fingerprint density at radius 2 is 1.82 bits per heavy atom. The number of halogens is 2. The number of nitro groups is 1. The fraction of sp³-hybridized carbons (Fsp3) is 0.148. The molecular formula is C27H22Br2N4O6. The van der Waals surface area contributed by atoms with Gasteiger partial charge < -0.3 is 15.4 Å². The molecule has 1 heterocycles. The number of ether oxygens (including phenoxy) is 1. The number of imide groups is 1. The van der Waals surface area contributed by atoms with Crippen LogP contribution in [-0.2, 0) is 22.6 Å². The topological polar surface area (TPSA) is 131 Å². The second kappa shape index (κ2) is 12.2. The van der Waals surface area contributed by atoms with E-state index in [4.69, 9.17) is 4.74 Å². The number of para-hydroxylation sites is 1. The lowest BCUT2D eigenvalue weighted by atomic mass is 10.1. The Morgan fingerprint density at radius 1 is 1.10 bits per heavy atom. The number of hydrogen-bond acceptors (Lipinski definition) is 6. The van der Waals surface area contributed by atoms with E-state index in [0.717, 1.165) is 16.9 Å². The first kappa shape index (κ1) is 28.0. The molecule has 200 valence electrons. The third-order valence-corrected chi connectivity index (χ3v) is 6.95. The Kier molecular flexibility index (Phi) is 8.77. The van der Waals surface area contributed by atoms with Crippen LogP contribution < -0.4 is 15.4 Å². The van der Waals surface area contributed by atoms with E-state index in [0.29, 0.717) is 31.5 Å². The van der Waals surface area contributed by atoms with E-state index in [2.05, 4.69) is 42.5 Å². The second-order valence-electron chi connectivity index (χ2n) is 8.47. The summed E-state index contributed by atoms with van der Waals surface area (Å²) in [5.41, 5.74) is 2.76. The van der Waals surface area contributed by atoms with Gasteiger partial charge in [0, 0.05) is 17.8 Å². The molecule has 0 spiro atoms. The monoisotopic (exact) mass is 656 g/mol. The predicted octanol–water partition coefficient (Wildman–Crippen LogP) is 5.79. The highest BCUT2D eigenvalue weighted by atomic mass is 79.9. The molecule has 0 atom stereocenters. The highest BCUT2D eigenvalue weighted by Crippen LogP contribution is 2.36. The third-order valence-electron chi connectivity index (χ3n) is 5.77. The summed E-state index contributed by atoms with van der Waals surface area (Å²) in [6.45, 7) is 1.62. The van der Waals surface area contributed by atoms with Gasteiger partial charge in [-0.2, -0.15) is 0 Å². The molecule has 39 heavy (non-hydrogen) atoms. The van der Waals surface area contributed by atoms with Crippen LogP contribution >= 0.6 is 31.9 Å². The molecule has 12 heteroatoms. The Hall–Kier alpha value is -4.03. The normalized spacial score (nSPS) is 13.9. The zero-order valence-electron chi connectivity index (χ0n) is 20.6. The van der Waals surface area contributed by atoms with Crippen molar-refractivity contribution in [2.45, 2.75) is 20.0 Å². The number of nitrogens with one attached hydrogen (secondary N) is 2. The number of amides is 4. The SMILES string of the molecule is CCc1ccccc1NC(=O)CN1C(=O)N/C(=C/c2cc(Br)c(OCc3cccc([N+](=O)[O-])c3)c(Br)c2)C1=O. The van der Waals surface area contributed by atoms with E-state index in [9.17, 15) is 24.5 Å². The number of urea groups is 1. The first-order valence-corrected chi connectivity index (χ1v) is 13.3. The van der Waals surface area contributed by atoms with Crippen LogP contribution in [0.25, 0.3) is 6.08 Å². The third kappa shape index (κ3) is 6.70. The molecule has 0 aliphatic carbocycles. The molecule has 0 radical (unpaired) electrons. The molecule has 2 N–H and O–H groups in total. The lowest BCUT2D eigenvalue weighted by Gasteiger charge is -2.13. The highest BCUT2D eigenvalue weighted by Gasteiger charge is 2.35. The van der Waals surface area contributed by atoms with E-state index in [1.807, 2.05) is 19.1 Å². The summed E-state index contributed by atoms with van der Waals surface area (Å²) in [5.74, 6) is -0.662. The first-order valence-electron chi connectivity index (χ1n) is 11.7. The molecular weight excluding hydrogens is 636 g/mol. The van der Waals surface area contributed by atoms with Crippen molar-refractivity contribution in [3.8, 4) is 5.75 Å². The van der Waals surface area contributed by atoms with Crippen molar-refractivity contribution in [3.63, 3.8) is 0 Å². The first-order chi connectivity index (χ1) is 18.7. The maximum atomic E-state index is 12.9. The Balaban J connectivity index is 1.44. The summed E-state index contributed by atoms with van der Waals surface area (Å²) < 4.78 is 6.96. The van der Waals surface area contributed by atoms with Crippen molar-refractivity contribution in [3.05, 3.63) is 102 Å². The van der Waals surface area contributed by atoms with E-state index < -0.39 is 29.3 Å². The molecule has 0 unspecified atom stereocenters. The van der Waals surface area contributed by atoms with Gasteiger partial charge >= 0.3 is 6.03 Å². The molecule has 1 aliphatic rings. The van der Waals surface area contributed by atoms with Gasteiger partial charge in [0.25, 0.3) is 11.6 Å². The van der Waals surface area contributed by atoms with Gasteiger partial charge in [-0.3, -0.25) is 19.7 Å². The summed E-state index contributed by atoms with van der Waals surface area (Å²) in [6.07, 6.45) is 2.21. The summed E-state index contributed by atoms with van der Waals surface area (Å²) in [4.78, 5) is 49.3.